The molecule has 5 heteroatoms. The zero-order chi connectivity index (χ0) is 13.8. The van der Waals surface area contributed by atoms with Gasteiger partial charge in [-0.3, -0.25) is 9.48 Å². The molecule has 1 heterocycles. The summed E-state index contributed by atoms with van der Waals surface area (Å²) in [6, 6.07) is 7.23. The van der Waals surface area contributed by atoms with E-state index in [2.05, 4.69) is 5.10 Å². The monoisotopic (exact) mass is 260 g/mol. The Morgan fingerprint density at radius 3 is 2.58 bits per heavy atom. The van der Waals surface area contributed by atoms with Gasteiger partial charge in [0.15, 0.2) is 6.29 Å². The third-order valence-electron chi connectivity index (χ3n) is 2.91. The fraction of sp³-hybridized carbons (Fsp3) is 0.286. The Morgan fingerprint density at radius 1 is 1.26 bits per heavy atom. The Kier molecular flexibility index (Phi) is 3.85. The van der Waals surface area contributed by atoms with Crippen molar-refractivity contribution >= 4 is 6.29 Å². The van der Waals surface area contributed by atoms with Gasteiger partial charge in [-0.1, -0.05) is 0 Å². The van der Waals surface area contributed by atoms with Crippen molar-refractivity contribution in [1.82, 2.24) is 9.78 Å². The summed E-state index contributed by atoms with van der Waals surface area (Å²) in [5.74, 6) is 1.41. The first-order valence-corrected chi connectivity index (χ1v) is 5.99. The molecule has 0 atom stereocenters. The highest BCUT2D eigenvalue weighted by Gasteiger charge is 2.13. The maximum Gasteiger partial charge on any atom is 0.168 e. The van der Waals surface area contributed by atoms with Crippen molar-refractivity contribution in [3.63, 3.8) is 0 Å². The normalized spacial score (nSPS) is 10.3. The molecule has 0 aliphatic heterocycles. The smallest absolute Gasteiger partial charge is 0.168 e. The van der Waals surface area contributed by atoms with Gasteiger partial charge in [-0.25, -0.2) is 0 Å². The van der Waals surface area contributed by atoms with E-state index in [1.807, 2.05) is 25.1 Å². The Labute approximate surface area is 111 Å². The van der Waals surface area contributed by atoms with Crippen LogP contribution in [0.4, 0.5) is 0 Å². The van der Waals surface area contributed by atoms with E-state index in [0.717, 1.165) is 17.6 Å². The van der Waals surface area contributed by atoms with Gasteiger partial charge in [0, 0.05) is 12.1 Å². The van der Waals surface area contributed by atoms with Gasteiger partial charge in [-0.05, 0) is 31.2 Å². The summed E-state index contributed by atoms with van der Waals surface area (Å²) < 4.78 is 12.2. The molecule has 1 aromatic heterocycles. The van der Waals surface area contributed by atoms with Gasteiger partial charge in [0.1, 0.15) is 17.2 Å². The second kappa shape index (κ2) is 5.56. The van der Waals surface area contributed by atoms with Crippen LogP contribution in [0.3, 0.4) is 0 Å². The average Bonchev–Trinajstić information content (AvgIpc) is 2.89. The number of methoxy groups -OCH3 is 2. The van der Waals surface area contributed by atoms with Crippen LogP contribution in [0.25, 0.3) is 11.3 Å². The highest BCUT2D eigenvalue weighted by Crippen LogP contribution is 2.32. The number of carbonyl (C=O) groups excluding carboxylic acids is 1. The van der Waals surface area contributed by atoms with E-state index in [-0.39, 0.29) is 0 Å². The second-order valence-electron chi connectivity index (χ2n) is 3.95. The molecular weight excluding hydrogens is 244 g/mol. The summed E-state index contributed by atoms with van der Waals surface area (Å²) in [5.41, 5.74) is 2.04. The van der Waals surface area contributed by atoms with Crippen molar-refractivity contribution in [3.05, 3.63) is 30.0 Å². The highest BCUT2D eigenvalue weighted by atomic mass is 16.5. The molecule has 2 rings (SSSR count). The lowest BCUT2D eigenvalue weighted by Crippen LogP contribution is -2.01. The second-order valence-corrected chi connectivity index (χ2v) is 3.95. The minimum atomic E-state index is 0.544. The van der Waals surface area contributed by atoms with Crippen molar-refractivity contribution in [2.45, 2.75) is 13.5 Å². The van der Waals surface area contributed by atoms with E-state index in [1.54, 1.807) is 25.0 Å². The summed E-state index contributed by atoms with van der Waals surface area (Å²) in [5, 5.41) is 4.40. The molecular formula is C14H16N2O3. The topological polar surface area (TPSA) is 53.4 Å². The lowest BCUT2D eigenvalue weighted by Gasteiger charge is -2.08. The number of hydrogen-bond acceptors (Lipinski definition) is 4. The van der Waals surface area contributed by atoms with E-state index < -0.39 is 0 Å². The minimum absolute atomic E-state index is 0.544. The van der Waals surface area contributed by atoms with Gasteiger partial charge < -0.3 is 9.47 Å². The van der Waals surface area contributed by atoms with Crippen LogP contribution in [0.2, 0.25) is 0 Å². The first-order valence-electron chi connectivity index (χ1n) is 5.99. The fourth-order valence-electron chi connectivity index (χ4n) is 1.93. The van der Waals surface area contributed by atoms with Gasteiger partial charge in [0.25, 0.3) is 0 Å². The third kappa shape index (κ3) is 2.45. The number of hydrogen-bond donors (Lipinski definition) is 0. The van der Waals surface area contributed by atoms with E-state index in [9.17, 15) is 4.79 Å². The molecule has 0 aliphatic rings. The lowest BCUT2D eigenvalue weighted by molar-refractivity contribution is 0.111. The number of aryl methyl sites for hydroxylation is 1. The number of aromatic nitrogens is 2. The summed E-state index contributed by atoms with van der Waals surface area (Å²) in [6.45, 7) is 2.58. The van der Waals surface area contributed by atoms with E-state index in [4.69, 9.17) is 9.47 Å². The predicted octanol–water partition coefficient (Wildman–Crippen LogP) is 2.40. The largest absolute Gasteiger partial charge is 0.497 e. The van der Waals surface area contributed by atoms with Gasteiger partial charge in [0.05, 0.1) is 19.9 Å². The van der Waals surface area contributed by atoms with Crippen LogP contribution < -0.4 is 9.47 Å². The van der Waals surface area contributed by atoms with Crippen LogP contribution in [-0.4, -0.2) is 30.3 Å². The summed E-state index contributed by atoms with van der Waals surface area (Å²) >= 11 is 0. The number of nitrogens with zero attached hydrogens (tertiary/aromatic N) is 2. The molecule has 0 spiro atoms. The maximum atomic E-state index is 11.0. The summed E-state index contributed by atoms with van der Waals surface area (Å²) in [7, 11) is 3.20. The first-order chi connectivity index (χ1) is 9.23. The molecule has 0 radical (unpaired) electrons. The lowest BCUT2D eigenvalue weighted by atomic mass is 10.1. The van der Waals surface area contributed by atoms with Crippen LogP contribution in [0, 0.1) is 0 Å². The maximum absolute atomic E-state index is 11.0. The zero-order valence-electron chi connectivity index (χ0n) is 11.2. The quantitative estimate of drug-likeness (QED) is 0.775. The third-order valence-corrected chi connectivity index (χ3v) is 2.91. The molecule has 0 amide bonds. The van der Waals surface area contributed by atoms with Crippen molar-refractivity contribution in [2.24, 2.45) is 0 Å². The summed E-state index contributed by atoms with van der Waals surface area (Å²) in [4.78, 5) is 11.0. The molecule has 0 fully saturated rings. The molecule has 100 valence electrons. The van der Waals surface area contributed by atoms with E-state index in [1.165, 1.54) is 0 Å². The number of rotatable bonds is 5. The van der Waals surface area contributed by atoms with Crippen molar-refractivity contribution in [1.29, 1.82) is 0 Å². The molecule has 2 aromatic rings. The Morgan fingerprint density at radius 2 is 2.05 bits per heavy atom. The number of benzene rings is 1. The molecule has 1 aromatic carbocycles. The zero-order valence-corrected chi connectivity index (χ0v) is 11.2. The van der Waals surface area contributed by atoms with Gasteiger partial charge >= 0.3 is 0 Å². The SMILES string of the molecule is CCn1nc(-c2cc(OC)ccc2OC)cc1C=O. The Balaban J connectivity index is 2.56. The molecule has 0 saturated carbocycles. The molecule has 19 heavy (non-hydrogen) atoms. The number of aldehydes is 1. The Bertz CT molecular complexity index is 590. The van der Waals surface area contributed by atoms with Crippen LogP contribution >= 0.6 is 0 Å². The fourth-order valence-corrected chi connectivity index (χ4v) is 1.93. The van der Waals surface area contributed by atoms with Crippen LogP contribution in [0.5, 0.6) is 11.5 Å². The molecule has 0 unspecified atom stereocenters. The summed E-state index contributed by atoms with van der Waals surface area (Å²) in [6.07, 6.45) is 0.798. The highest BCUT2D eigenvalue weighted by molar-refractivity contribution is 5.78. The van der Waals surface area contributed by atoms with Crippen LogP contribution in [-0.2, 0) is 6.54 Å². The average molecular weight is 260 g/mol. The van der Waals surface area contributed by atoms with Crippen molar-refractivity contribution in [3.8, 4) is 22.8 Å². The molecule has 0 N–H and O–H groups in total. The molecule has 0 aliphatic carbocycles. The van der Waals surface area contributed by atoms with Crippen molar-refractivity contribution in [2.75, 3.05) is 14.2 Å². The predicted molar refractivity (Wildman–Crippen MR) is 71.8 cm³/mol. The van der Waals surface area contributed by atoms with E-state index >= 15 is 0 Å². The first kappa shape index (κ1) is 13.1. The Hall–Kier alpha value is -2.30. The number of carbonyl (C=O) groups is 1. The van der Waals surface area contributed by atoms with Crippen LogP contribution in [0.15, 0.2) is 24.3 Å². The van der Waals surface area contributed by atoms with Crippen LogP contribution in [0.1, 0.15) is 17.4 Å². The molecule has 0 saturated heterocycles. The number of ether oxygens (including phenoxy) is 2. The standard InChI is InChI=1S/C14H16N2O3/c1-4-16-10(9-17)7-13(15-16)12-8-11(18-2)5-6-14(12)19-3/h5-9H,4H2,1-3H3. The van der Waals surface area contributed by atoms with Gasteiger partial charge in [-0.15, -0.1) is 0 Å². The van der Waals surface area contributed by atoms with E-state index in [0.29, 0.717) is 23.7 Å². The van der Waals surface area contributed by atoms with Gasteiger partial charge in [-0.2, -0.15) is 5.10 Å². The molecule has 0 bridgehead atoms. The van der Waals surface area contributed by atoms with Crippen molar-refractivity contribution < 1.29 is 14.3 Å². The minimum Gasteiger partial charge on any atom is -0.497 e. The molecule has 5 nitrogen and oxygen atoms in total. The van der Waals surface area contributed by atoms with Gasteiger partial charge in [0.2, 0.25) is 0 Å².